The lowest BCUT2D eigenvalue weighted by Gasteiger charge is -2.11. The molecule has 2 aromatic rings. The molecule has 136 valence electrons. The number of nitrogens with one attached hydrogen (secondary N) is 2. The summed E-state index contributed by atoms with van der Waals surface area (Å²) in [6.07, 6.45) is 2.36. The Kier molecular flexibility index (Phi) is 3.93. The van der Waals surface area contributed by atoms with Gasteiger partial charge in [-0.1, -0.05) is 6.92 Å². The Morgan fingerprint density at radius 1 is 1.19 bits per heavy atom. The van der Waals surface area contributed by atoms with Crippen LogP contribution in [-0.4, -0.2) is 10.9 Å². The third kappa shape index (κ3) is 2.73. The number of H-pyrrole nitrogens is 1. The molecule has 0 atom stereocenters. The number of benzene rings is 1. The zero-order valence-electron chi connectivity index (χ0n) is 14.4. The first-order valence-corrected chi connectivity index (χ1v) is 8.85. The van der Waals surface area contributed by atoms with Gasteiger partial charge in [-0.2, -0.15) is 13.2 Å². The number of amides is 1. The van der Waals surface area contributed by atoms with Crippen LogP contribution in [0.1, 0.15) is 53.4 Å². The summed E-state index contributed by atoms with van der Waals surface area (Å²) in [5, 5.41) is 2.66. The first kappa shape index (κ1) is 16.9. The minimum atomic E-state index is -4.44. The Balaban J connectivity index is 1.83. The van der Waals surface area contributed by atoms with Crippen molar-refractivity contribution in [2.45, 2.75) is 45.2 Å². The molecule has 0 saturated carbocycles. The molecule has 2 heterocycles. The number of aryl methyl sites for hydroxylation is 1. The number of hydrogen-bond acceptors (Lipinski definition) is 1. The van der Waals surface area contributed by atoms with E-state index in [-0.39, 0.29) is 11.5 Å². The summed E-state index contributed by atoms with van der Waals surface area (Å²) in [6.45, 7) is 2.06. The molecule has 1 aromatic heterocycles. The first-order chi connectivity index (χ1) is 12.4. The Morgan fingerprint density at radius 2 is 1.96 bits per heavy atom. The maximum atomic E-state index is 13.0. The van der Waals surface area contributed by atoms with Crippen molar-refractivity contribution in [1.82, 2.24) is 4.98 Å². The SMILES string of the molecule is CCc1c(C=C2C(=O)Nc3ccc(C(F)(F)F)cc32)[nH]c2c1CCCC2. The van der Waals surface area contributed by atoms with Gasteiger partial charge in [0.05, 0.1) is 11.1 Å². The molecule has 0 spiro atoms. The summed E-state index contributed by atoms with van der Waals surface area (Å²) in [5.41, 5.74) is 4.77. The first-order valence-electron chi connectivity index (χ1n) is 8.85. The number of halogens is 3. The van der Waals surface area contributed by atoms with Crippen LogP contribution in [0.4, 0.5) is 18.9 Å². The lowest BCUT2D eigenvalue weighted by atomic mass is 9.93. The fraction of sp³-hybridized carbons (Fsp3) is 0.350. The molecule has 0 saturated heterocycles. The van der Waals surface area contributed by atoms with Gasteiger partial charge in [-0.3, -0.25) is 4.79 Å². The van der Waals surface area contributed by atoms with Crippen molar-refractivity contribution in [3.05, 3.63) is 51.8 Å². The van der Waals surface area contributed by atoms with Crippen molar-refractivity contribution in [3.63, 3.8) is 0 Å². The highest BCUT2D eigenvalue weighted by Crippen LogP contribution is 2.39. The van der Waals surface area contributed by atoms with Crippen LogP contribution in [0, 0.1) is 0 Å². The third-order valence-corrected chi connectivity index (χ3v) is 5.21. The Labute approximate surface area is 149 Å². The van der Waals surface area contributed by atoms with Crippen molar-refractivity contribution >= 4 is 23.2 Å². The number of anilines is 1. The maximum absolute atomic E-state index is 13.0. The van der Waals surface area contributed by atoms with E-state index in [9.17, 15) is 18.0 Å². The molecule has 0 fully saturated rings. The predicted molar refractivity (Wildman–Crippen MR) is 94.8 cm³/mol. The van der Waals surface area contributed by atoms with Gasteiger partial charge in [-0.05, 0) is 67.5 Å². The van der Waals surface area contributed by atoms with E-state index in [1.807, 2.05) is 0 Å². The summed E-state index contributed by atoms with van der Waals surface area (Å²) >= 11 is 0. The Morgan fingerprint density at radius 3 is 2.69 bits per heavy atom. The normalized spacial score (nSPS) is 18.0. The molecule has 1 aliphatic carbocycles. The van der Waals surface area contributed by atoms with Gasteiger partial charge < -0.3 is 10.3 Å². The lowest BCUT2D eigenvalue weighted by Crippen LogP contribution is -2.04. The number of aromatic amines is 1. The minimum Gasteiger partial charge on any atom is -0.358 e. The van der Waals surface area contributed by atoms with Gasteiger partial charge in [0.25, 0.3) is 5.91 Å². The highest BCUT2D eigenvalue weighted by atomic mass is 19.4. The number of rotatable bonds is 2. The molecule has 1 aromatic carbocycles. The number of alkyl halides is 3. The number of carbonyl (C=O) groups is 1. The molecule has 2 aliphatic rings. The second-order valence-corrected chi connectivity index (χ2v) is 6.81. The third-order valence-electron chi connectivity index (χ3n) is 5.21. The van der Waals surface area contributed by atoms with E-state index in [2.05, 4.69) is 17.2 Å². The Hall–Kier alpha value is -2.50. The molecule has 26 heavy (non-hydrogen) atoms. The smallest absolute Gasteiger partial charge is 0.358 e. The van der Waals surface area contributed by atoms with E-state index in [1.54, 1.807) is 6.08 Å². The quantitative estimate of drug-likeness (QED) is 0.730. The van der Waals surface area contributed by atoms with E-state index in [0.717, 1.165) is 49.9 Å². The largest absolute Gasteiger partial charge is 0.416 e. The van der Waals surface area contributed by atoms with Gasteiger partial charge in [-0.25, -0.2) is 0 Å². The summed E-state index contributed by atoms with van der Waals surface area (Å²) < 4.78 is 39.1. The van der Waals surface area contributed by atoms with Gasteiger partial charge in [0.1, 0.15) is 0 Å². The van der Waals surface area contributed by atoms with Crippen LogP contribution in [0.25, 0.3) is 11.6 Å². The van der Waals surface area contributed by atoms with E-state index in [0.29, 0.717) is 11.3 Å². The van der Waals surface area contributed by atoms with Crippen molar-refractivity contribution in [2.75, 3.05) is 5.32 Å². The van der Waals surface area contributed by atoms with Crippen LogP contribution < -0.4 is 5.32 Å². The van der Waals surface area contributed by atoms with Crippen LogP contribution in [0.2, 0.25) is 0 Å². The van der Waals surface area contributed by atoms with Gasteiger partial charge in [0.15, 0.2) is 0 Å². The average molecular weight is 360 g/mol. The standard InChI is InChI=1S/C20H19F3N2O/c1-2-12-13-5-3-4-6-16(13)24-18(12)10-15-14-9-11(20(21,22)23)7-8-17(14)25-19(15)26/h7-10,24H,2-6H2,1H3,(H,25,26). The van der Waals surface area contributed by atoms with Gasteiger partial charge in [-0.15, -0.1) is 0 Å². The maximum Gasteiger partial charge on any atom is 0.416 e. The lowest BCUT2D eigenvalue weighted by molar-refractivity contribution is -0.137. The molecule has 6 heteroatoms. The highest BCUT2D eigenvalue weighted by Gasteiger charge is 2.34. The summed E-state index contributed by atoms with van der Waals surface area (Å²) in [6, 6.07) is 3.36. The average Bonchev–Trinajstić information content (AvgIpc) is 3.11. The predicted octanol–water partition coefficient (Wildman–Crippen LogP) is 4.97. The number of carbonyl (C=O) groups excluding carboxylic acids is 1. The van der Waals surface area contributed by atoms with Crippen LogP contribution in [0.5, 0.6) is 0 Å². The van der Waals surface area contributed by atoms with Crippen molar-refractivity contribution in [3.8, 4) is 0 Å². The van der Waals surface area contributed by atoms with E-state index in [4.69, 9.17) is 0 Å². The summed E-state index contributed by atoms with van der Waals surface area (Å²) in [5.74, 6) is -0.367. The van der Waals surface area contributed by atoms with E-state index >= 15 is 0 Å². The van der Waals surface area contributed by atoms with Gasteiger partial charge >= 0.3 is 6.18 Å². The van der Waals surface area contributed by atoms with Crippen LogP contribution in [0.15, 0.2) is 18.2 Å². The van der Waals surface area contributed by atoms with Gasteiger partial charge in [0, 0.05) is 22.6 Å². The molecule has 1 amide bonds. The van der Waals surface area contributed by atoms with Crippen molar-refractivity contribution < 1.29 is 18.0 Å². The van der Waals surface area contributed by atoms with E-state index < -0.39 is 11.7 Å². The number of fused-ring (bicyclic) bond motifs is 2. The summed E-state index contributed by atoms with van der Waals surface area (Å²) in [7, 11) is 0. The molecule has 1 aliphatic heterocycles. The van der Waals surface area contributed by atoms with Crippen molar-refractivity contribution in [1.29, 1.82) is 0 Å². The highest BCUT2D eigenvalue weighted by molar-refractivity contribution is 6.34. The van der Waals surface area contributed by atoms with Gasteiger partial charge in [0.2, 0.25) is 0 Å². The second kappa shape index (κ2) is 6.04. The number of hydrogen-bond donors (Lipinski definition) is 2. The van der Waals surface area contributed by atoms with Crippen LogP contribution in [0.3, 0.4) is 0 Å². The monoisotopic (exact) mass is 360 g/mol. The van der Waals surface area contributed by atoms with Crippen molar-refractivity contribution in [2.24, 2.45) is 0 Å². The summed E-state index contributed by atoms with van der Waals surface area (Å²) in [4.78, 5) is 15.8. The second-order valence-electron chi connectivity index (χ2n) is 6.81. The molecular weight excluding hydrogens is 341 g/mol. The zero-order valence-corrected chi connectivity index (χ0v) is 14.4. The fourth-order valence-corrected chi connectivity index (χ4v) is 3.96. The van der Waals surface area contributed by atoms with Crippen LogP contribution in [-0.2, 0) is 30.2 Å². The number of aromatic nitrogens is 1. The van der Waals surface area contributed by atoms with E-state index in [1.165, 1.54) is 22.9 Å². The molecule has 0 radical (unpaired) electrons. The molecular formula is C20H19F3N2O. The zero-order chi connectivity index (χ0) is 18.5. The Bertz CT molecular complexity index is 922. The molecule has 0 bridgehead atoms. The molecule has 2 N–H and O–H groups in total. The minimum absolute atomic E-state index is 0.277. The molecule has 0 unspecified atom stereocenters. The van der Waals surface area contributed by atoms with Crippen LogP contribution >= 0.6 is 0 Å². The topological polar surface area (TPSA) is 44.9 Å². The molecule has 3 nitrogen and oxygen atoms in total. The fourth-order valence-electron chi connectivity index (χ4n) is 3.96. The molecule has 4 rings (SSSR count).